The number of benzene rings is 1. The maximum absolute atomic E-state index is 6.24. The van der Waals surface area contributed by atoms with Crippen LogP contribution in [0.25, 0.3) is 0 Å². The monoisotopic (exact) mass is 308 g/mol. The van der Waals surface area contributed by atoms with Crippen molar-refractivity contribution in [2.75, 3.05) is 6.61 Å². The Kier molecular flexibility index (Phi) is 3.81. The predicted octanol–water partition coefficient (Wildman–Crippen LogP) is 4.26. The Morgan fingerprint density at radius 3 is 2.60 bits per heavy atom. The number of halogens is 2. The number of rotatable bonds is 3. The van der Waals surface area contributed by atoms with E-state index in [-0.39, 0.29) is 5.92 Å². The Bertz CT molecular complexity index is 623. The fourth-order valence-corrected chi connectivity index (χ4v) is 3.02. The van der Waals surface area contributed by atoms with Crippen molar-refractivity contribution in [3.63, 3.8) is 0 Å². The molecule has 0 radical (unpaired) electrons. The number of hydrogen-bond donors (Lipinski definition) is 0. The summed E-state index contributed by atoms with van der Waals surface area (Å²) in [4.78, 5) is 8.85. The van der Waals surface area contributed by atoms with Crippen molar-refractivity contribution in [3.8, 4) is 5.75 Å². The molecular weight excluding hydrogens is 295 g/mol. The zero-order valence-electron chi connectivity index (χ0n) is 11.1. The van der Waals surface area contributed by atoms with Gasteiger partial charge in [-0.2, -0.15) is 0 Å². The molecule has 2 aromatic rings. The zero-order chi connectivity index (χ0) is 14.1. The molecule has 0 saturated heterocycles. The number of aromatic nitrogens is 2. The highest BCUT2D eigenvalue weighted by molar-refractivity contribution is 6.34. The molecule has 3 rings (SSSR count). The third-order valence-corrected chi connectivity index (χ3v) is 4.06. The summed E-state index contributed by atoms with van der Waals surface area (Å²) in [6.45, 7) is 2.60. The van der Waals surface area contributed by atoms with Crippen molar-refractivity contribution in [2.24, 2.45) is 0 Å². The molecule has 0 N–H and O–H groups in total. The van der Waals surface area contributed by atoms with Crippen molar-refractivity contribution in [1.82, 2.24) is 9.97 Å². The van der Waals surface area contributed by atoms with E-state index in [4.69, 9.17) is 27.9 Å². The Morgan fingerprint density at radius 2 is 1.90 bits per heavy atom. The fraction of sp³-hybridized carbons (Fsp3) is 0.333. The number of ether oxygens (including phenoxy) is 1. The summed E-state index contributed by atoms with van der Waals surface area (Å²) in [7, 11) is 0. The molecule has 0 fully saturated rings. The third kappa shape index (κ3) is 2.36. The van der Waals surface area contributed by atoms with Gasteiger partial charge in [-0.1, -0.05) is 54.7 Å². The van der Waals surface area contributed by atoms with Gasteiger partial charge in [0, 0.05) is 11.1 Å². The van der Waals surface area contributed by atoms with Crippen LogP contribution in [0, 0.1) is 0 Å². The SMILES string of the molecule is CCCc1c(Cl)nc(C2COc3ccccc32)nc1Cl. The van der Waals surface area contributed by atoms with Crippen LogP contribution in [-0.2, 0) is 6.42 Å². The highest BCUT2D eigenvalue weighted by Crippen LogP contribution is 2.37. The van der Waals surface area contributed by atoms with Gasteiger partial charge in [0.25, 0.3) is 0 Å². The van der Waals surface area contributed by atoms with Crippen molar-refractivity contribution in [1.29, 1.82) is 0 Å². The molecule has 1 aliphatic rings. The minimum Gasteiger partial charge on any atom is -0.492 e. The van der Waals surface area contributed by atoms with Gasteiger partial charge in [0.2, 0.25) is 0 Å². The Hall–Kier alpha value is -1.32. The molecular formula is C15H14Cl2N2O. The fourth-order valence-electron chi connectivity index (χ4n) is 2.43. The van der Waals surface area contributed by atoms with Crippen LogP contribution in [0.2, 0.25) is 10.3 Å². The van der Waals surface area contributed by atoms with E-state index in [0.29, 0.717) is 22.7 Å². The second kappa shape index (κ2) is 5.58. The lowest BCUT2D eigenvalue weighted by Gasteiger charge is -2.11. The molecule has 1 atom stereocenters. The average molecular weight is 309 g/mol. The molecule has 0 aliphatic carbocycles. The number of nitrogens with zero attached hydrogens (tertiary/aromatic N) is 2. The van der Waals surface area contributed by atoms with Gasteiger partial charge in [-0.3, -0.25) is 0 Å². The van der Waals surface area contributed by atoms with Crippen molar-refractivity contribution in [3.05, 3.63) is 51.5 Å². The van der Waals surface area contributed by atoms with Crippen LogP contribution < -0.4 is 4.74 Å². The minimum atomic E-state index is -0.00289. The average Bonchev–Trinajstić information content (AvgIpc) is 2.86. The van der Waals surface area contributed by atoms with Gasteiger partial charge in [-0.15, -0.1) is 0 Å². The first-order valence-electron chi connectivity index (χ1n) is 6.64. The second-order valence-corrected chi connectivity index (χ2v) is 5.51. The van der Waals surface area contributed by atoms with Crippen LogP contribution in [0.4, 0.5) is 0 Å². The summed E-state index contributed by atoms with van der Waals surface area (Å²) in [6, 6.07) is 7.91. The highest BCUT2D eigenvalue weighted by Gasteiger charge is 2.28. The minimum absolute atomic E-state index is 0.00289. The first-order chi connectivity index (χ1) is 9.70. The Morgan fingerprint density at radius 1 is 1.20 bits per heavy atom. The van der Waals surface area contributed by atoms with Crippen molar-refractivity contribution >= 4 is 23.2 Å². The molecule has 2 heterocycles. The molecule has 5 heteroatoms. The summed E-state index contributed by atoms with van der Waals surface area (Å²) in [5.74, 6) is 1.51. The zero-order valence-corrected chi connectivity index (χ0v) is 12.6. The van der Waals surface area contributed by atoms with Gasteiger partial charge < -0.3 is 4.74 Å². The van der Waals surface area contributed by atoms with Gasteiger partial charge in [0.15, 0.2) is 0 Å². The molecule has 104 valence electrons. The Labute approximate surface area is 127 Å². The van der Waals surface area contributed by atoms with Gasteiger partial charge in [-0.25, -0.2) is 9.97 Å². The lowest BCUT2D eigenvalue weighted by molar-refractivity contribution is 0.339. The van der Waals surface area contributed by atoms with Crippen LogP contribution in [0.3, 0.4) is 0 Å². The second-order valence-electron chi connectivity index (χ2n) is 4.79. The standard InChI is InChI=1S/C15H14Cl2N2O/c1-2-5-10-13(16)18-15(19-14(10)17)11-8-20-12-7-4-3-6-9(11)12/h3-4,6-7,11H,2,5,8H2,1H3. The molecule has 0 spiro atoms. The van der Waals surface area contributed by atoms with Gasteiger partial charge >= 0.3 is 0 Å². The summed E-state index contributed by atoms with van der Waals surface area (Å²) >= 11 is 12.5. The van der Waals surface area contributed by atoms with Crippen LogP contribution in [0.5, 0.6) is 5.75 Å². The van der Waals surface area contributed by atoms with E-state index < -0.39 is 0 Å². The van der Waals surface area contributed by atoms with Gasteiger partial charge in [-0.05, 0) is 12.5 Å². The van der Waals surface area contributed by atoms with E-state index in [2.05, 4.69) is 16.9 Å². The van der Waals surface area contributed by atoms with Crippen LogP contribution >= 0.6 is 23.2 Å². The van der Waals surface area contributed by atoms with E-state index in [1.165, 1.54) is 0 Å². The van der Waals surface area contributed by atoms with Crippen molar-refractivity contribution in [2.45, 2.75) is 25.7 Å². The maximum Gasteiger partial charge on any atom is 0.142 e. The van der Waals surface area contributed by atoms with Crippen LogP contribution in [0.15, 0.2) is 24.3 Å². The number of para-hydroxylation sites is 1. The largest absolute Gasteiger partial charge is 0.492 e. The molecule has 0 saturated carbocycles. The summed E-state index contributed by atoms with van der Waals surface area (Å²) in [5, 5.41) is 0.900. The molecule has 0 bridgehead atoms. The Balaban J connectivity index is 2.00. The van der Waals surface area contributed by atoms with E-state index in [0.717, 1.165) is 29.7 Å². The van der Waals surface area contributed by atoms with E-state index in [1.54, 1.807) is 0 Å². The van der Waals surface area contributed by atoms with Crippen LogP contribution in [0.1, 0.15) is 36.2 Å². The molecule has 1 aromatic carbocycles. The predicted molar refractivity (Wildman–Crippen MR) is 79.8 cm³/mol. The smallest absolute Gasteiger partial charge is 0.142 e. The maximum atomic E-state index is 6.24. The molecule has 1 unspecified atom stereocenters. The molecule has 0 amide bonds. The molecule has 3 nitrogen and oxygen atoms in total. The highest BCUT2D eigenvalue weighted by atomic mass is 35.5. The summed E-state index contributed by atoms with van der Waals surface area (Å²) < 4.78 is 5.66. The van der Waals surface area contributed by atoms with E-state index in [9.17, 15) is 0 Å². The molecule has 1 aromatic heterocycles. The third-order valence-electron chi connectivity index (χ3n) is 3.44. The number of fused-ring (bicyclic) bond motifs is 1. The van der Waals surface area contributed by atoms with E-state index >= 15 is 0 Å². The van der Waals surface area contributed by atoms with Crippen LogP contribution in [-0.4, -0.2) is 16.6 Å². The lowest BCUT2D eigenvalue weighted by atomic mass is 10.0. The van der Waals surface area contributed by atoms with Gasteiger partial charge in [0.05, 0.1) is 5.92 Å². The summed E-state index contributed by atoms with van der Waals surface area (Å²) in [5.41, 5.74) is 1.91. The molecule has 20 heavy (non-hydrogen) atoms. The number of hydrogen-bond acceptors (Lipinski definition) is 3. The van der Waals surface area contributed by atoms with E-state index in [1.807, 2.05) is 24.3 Å². The summed E-state index contributed by atoms with van der Waals surface area (Å²) in [6.07, 6.45) is 1.74. The van der Waals surface area contributed by atoms with Gasteiger partial charge in [0.1, 0.15) is 28.5 Å². The lowest BCUT2D eigenvalue weighted by Crippen LogP contribution is -2.09. The quantitative estimate of drug-likeness (QED) is 0.795. The first kappa shape index (κ1) is 13.7. The van der Waals surface area contributed by atoms with Crippen molar-refractivity contribution < 1.29 is 4.74 Å². The molecule has 1 aliphatic heterocycles. The first-order valence-corrected chi connectivity index (χ1v) is 7.39. The topological polar surface area (TPSA) is 35.0 Å². The normalized spacial score (nSPS) is 16.9.